The van der Waals surface area contributed by atoms with Gasteiger partial charge in [0, 0.05) is 10.0 Å². The second-order valence-electron chi connectivity index (χ2n) is 7.84. The van der Waals surface area contributed by atoms with Crippen molar-refractivity contribution in [1.29, 1.82) is 0 Å². The summed E-state index contributed by atoms with van der Waals surface area (Å²) < 4.78 is 32.0. The van der Waals surface area contributed by atoms with E-state index in [0.29, 0.717) is 33.1 Å². The normalized spacial score (nSPS) is 12.4. The standard InChI is InChI=1S/C25H23BrN2O6S2/c1-2-36(32,33)20-9-3-15(4-10-20)23(34-19-7-5-18(26)6-8-19)24(31)28-25-27-21-11-16(13-29)17(14-30)12-22(21)35-25/h3-12,23,29-30H,2,13-14H2,1H3,(H,27,28,31). The number of amides is 1. The minimum Gasteiger partial charge on any atom is -0.476 e. The van der Waals surface area contributed by atoms with Crippen molar-refractivity contribution in [1.82, 2.24) is 4.98 Å². The van der Waals surface area contributed by atoms with E-state index in [2.05, 4.69) is 26.2 Å². The van der Waals surface area contributed by atoms with E-state index in [9.17, 15) is 23.4 Å². The first kappa shape index (κ1) is 26.2. The Morgan fingerprint density at radius 1 is 1.06 bits per heavy atom. The van der Waals surface area contributed by atoms with Crippen molar-refractivity contribution >= 4 is 58.4 Å². The van der Waals surface area contributed by atoms with Crippen molar-refractivity contribution in [3.63, 3.8) is 0 Å². The highest BCUT2D eigenvalue weighted by Crippen LogP contribution is 2.31. The second kappa shape index (κ2) is 11.1. The van der Waals surface area contributed by atoms with E-state index in [1.54, 1.807) is 55.5 Å². The van der Waals surface area contributed by atoms with Gasteiger partial charge in [-0.3, -0.25) is 10.1 Å². The molecular weight excluding hydrogens is 568 g/mol. The zero-order chi connectivity index (χ0) is 25.9. The van der Waals surface area contributed by atoms with Crippen LogP contribution in [-0.2, 0) is 27.8 Å². The number of anilines is 1. The number of hydrogen-bond donors (Lipinski definition) is 3. The molecule has 4 aromatic rings. The Kier molecular flexibility index (Phi) is 8.06. The molecule has 0 radical (unpaired) electrons. The van der Waals surface area contributed by atoms with Crippen molar-refractivity contribution in [3.8, 4) is 5.75 Å². The maximum atomic E-state index is 13.4. The smallest absolute Gasteiger partial charge is 0.271 e. The lowest BCUT2D eigenvalue weighted by atomic mass is 10.1. The number of sulfone groups is 1. The summed E-state index contributed by atoms with van der Waals surface area (Å²) in [7, 11) is -3.39. The summed E-state index contributed by atoms with van der Waals surface area (Å²) in [4.78, 5) is 18.0. The molecule has 36 heavy (non-hydrogen) atoms. The number of nitrogens with one attached hydrogen (secondary N) is 1. The van der Waals surface area contributed by atoms with Crippen LogP contribution < -0.4 is 10.1 Å². The summed E-state index contributed by atoms with van der Waals surface area (Å²) in [6.45, 7) is 1.11. The Balaban J connectivity index is 1.65. The molecule has 1 aromatic heterocycles. The molecule has 0 bridgehead atoms. The van der Waals surface area contributed by atoms with Gasteiger partial charge in [0.15, 0.2) is 15.0 Å². The third-order valence-corrected chi connectivity index (χ3v) is 8.72. The number of halogens is 1. The Morgan fingerprint density at radius 2 is 1.69 bits per heavy atom. The summed E-state index contributed by atoms with van der Waals surface area (Å²) in [6.07, 6.45) is -1.09. The fraction of sp³-hybridized carbons (Fsp3) is 0.200. The monoisotopic (exact) mass is 590 g/mol. The fourth-order valence-corrected chi connectivity index (χ4v) is 5.58. The molecule has 3 aromatic carbocycles. The van der Waals surface area contributed by atoms with Crippen LogP contribution >= 0.6 is 27.3 Å². The third kappa shape index (κ3) is 5.76. The van der Waals surface area contributed by atoms with Gasteiger partial charge in [-0.05, 0) is 59.7 Å². The molecule has 0 saturated carbocycles. The molecule has 188 valence electrons. The summed E-state index contributed by atoms with van der Waals surface area (Å²) in [5, 5.41) is 22.2. The molecule has 0 fully saturated rings. The number of aromatic nitrogens is 1. The SMILES string of the molecule is CCS(=O)(=O)c1ccc(C(Oc2ccc(Br)cc2)C(=O)Nc2nc3cc(CO)c(CO)cc3s2)cc1. The van der Waals surface area contributed by atoms with Gasteiger partial charge in [-0.1, -0.05) is 46.3 Å². The Bertz CT molecular complexity index is 1440. The van der Waals surface area contributed by atoms with E-state index >= 15 is 0 Å². The number of nitrogens with zero attached hydrogens (tertiary/aromatic N) is 1. The van der Waals surface area contributed by atoms with Crippen LogP contribution in [0.2, 0.25) is 0 Å². The molecule has 11 heteroatoms. The van der Waals surface area contributed by atoms with Crippen molar-refractivity contribution < 1.29 is 28.2 Å². The minimum absolute atomic E-state index is 0.0285. The number of carbonyl (C=O) groups excluding carboxylic acids is 1. The number of carbonyl (C=O) groups is 1. The summed E-state index contributed by atoms with van der Waals surface area (Å²) >= 11 is 4.60. The van der Waals surface area contributed by atoms with Crippen molar-refractivity contribution in [2.75, 3.05) is 11.1 Å². The Morgan fingerprint density at radius 3 is 2.31 bits per heavy atom. The van der Waals surface area contributed by atoms with Gasteiger partial charge in [0.25, 0.3) is 5.91 Å². The second-order valence-corrected chi connectivity index (χ2v) is 12.1. The molecule has 4 rings (SSSR count). The molecule has 1 amide bonds. The quantitative estimate of drug-likeness (QED) is 0.260. The van der Waals surface area contributed by atoms with E-state index in [-0.39, 0.29) is 23.9 Å². The van der Waals surface area contributed by atoms with Crippen LogP contribution in [0, 0.1) is 0 Å². The van der Waals surface area contributed by atoms with E-state index < -0.39 is 21.8 Å². The summed E-state index contributed by atoms with van der Waals surface area (Å²) in [5.74, 6) is -0.0693. The lowest BCUT2D eigenvalue weighted by molar-refractivity contribution is -0.123. The van der Waals surface area contributed by atoms with Crippen LogP contribution in [0.4, 0.5) is 5.13 Å². The van der Waals surface area contributed by atoms with Gasteiger partial charge in [-0.15, -0.1) is 0 Å². The third-order valence-electron chi connectivity index (χ3n) is 5.51. The zero-order valence-electron chi connectivity index (χ0n) is 19.1. The number of thiazole rings is 1. The summed E-state index contributed by atoms with van der Waals surface area (Å²) in [6, 6.07) is 16.4. The van der Waals surface area contributed by atoms with Crippen LogP contribution in [0.25, 0.3) is 10.2 Å². The first-order valence-electron chi connectivity index (χ1n) is 10.9. The maximum absolute atomic E-state index is 13.4. The highest BCUT2D eigenvalue weighted by Gasteiger charge is 2.25. The number of ether oxygens (including phenoxy) is 1. The van der Waals surface area contributed by atoms with E-state index in [0.717, 1.165) is 9.17 Å². The average molecular weight is 592 g/mol. The maximum Gasteiger partial charge on any atom is 0.271 e. The number of hydrogen-bond acceptors (Lipinski definition) is 8. The molecule has 8 nitrogen and oxygen atoms in total. The van der Waals surface area contributed by atoms with Gasteiger partial charge >= 0.3 is 0 Å². The number of aliphatic hydroxyl groups is 2. The molecule has 0 aliphatic heterocycles. The molecular formula is C25H23BrN2O6S2. The highest BCUT2D eigenvalue weighted by atomic mass is 79.9. The highest BCUT2D eigenvalue weighted by molar-refractivity contribution is 9.10. The van der Waals surface area contributed by atoms with Crippen LogP contribution in [0.5, 0.6) is 5.75 Å². The summed E-state index contributed by atoms with van der Waals surface area (Å²) in [5.41, 5.74) is 2.20. The Hall–Kier alpha value is -2.83. The van der Waals surface area contributed by atoms with Gasteiger partial charge in [0.1, 0.15) is 5.75 Å². The predicted molar refractivity (Wildman–Crippen MR) is 142 cm³/mol. The van der Waals surface area contributed by atoms with E-state index in [4.69, 9.17) is 4.74 Å². The van der Waals surface area contributed by atoms with Crippen molar-refractivity contribution in [2.24, 2.45) is 0 Å². The van der Waals surface area contributed by atoms with Crippen LogP contribution in [0.15, 0.2) is 70.0 Å². The molecule has 0 spiro atoms. The first-order chi connectivity index (χ1) is 17.2. The van der Waals surface area contributed by atoms with E-state index in [1.165, 1.54) is 23.5 Å². The van der Waals surface area contributed by atoms with Gasteiger partial charge in [-0.25, -0.2) is 13.4 Å². The topological polar surface area (TPSA) is 126 Å². The largest absolute Gasteiger partial charge is 0.476 e. The van der Waals surface area contributed by atoms with Crippen LogP contribution in [-0.4, -0.2) is 35.3 Å². The van der Waals surface area contributed by atoms with Crippen molar-refractivity contribution in [3.05, 3.63) is 81.8 Å². The van der Waals surface area contributed by atoms with Gasteiger partial charge in [-0.2, -0.15) is 0 Å². The lowest BCUT2D eigenvalue weighted by Gasteiger charge is -2.19. The number of aliphatic hydroxyl groups excluding tert-OH is 2. The fourth-order valence-electron chi connectivity index (χ4n) is 3.52. The molecule has 0 saturated heterocycles. The molecule has 1 heterocycles. The molecule has 0 aliphatic carbocycles. The first-order valence-corrected chi connectivity index (χ1v) is 14.2. The minimum atomic E-state index is -3.39. The van der Waals surface area contributed by atoms with Gasteiger partial charge in [0.2, 0.25) is 6.10 Å². The van der Waals surface area contributed by atoms with Gasteiger partial charge < -0.3 is 14.9 Å². The lowest BCUT2D eigenvalue weighted by Crippen LogP contribution is -2.25. The average Bonchev–Trinajstić information content (AvgIpc) is 3.28. The number of rotatable bonds is 9. The Labute approximate surface area is 220 Å². The number of fused-ring (bicyclic) bond motifs is 1. The molecule has 3 N–H and O–H groups in total. The molecule has 0 aliphatic rings. The number of benzene rings is 3. The molecule has 1 atom stereocenters. The predicted octanol–water partition coefficient (Wildman–Crippen LogP) is 4.60. The molecule has 1 unspecified atom stereocenters. The van der Waals surface area contributed by atoms with E-state index in [1.807, 2.05) is 0 Å². The van der Waals surface area contributed by atoms with Crippen LogP contribution in [0.3, 0.4) is 0 Å². The van der Waals surface area contributed by atoms with Crippen molar-refractivity contribution in [2.45, 2.75) is 31.1 Å². The zero-order valence-corrected chi connectivity index (χ0v) is 22.4. The van der Waals surface area contributed by atoms with Gasteiger partial charge in [0.05, 0.1) is 34.1 Å². The van der Waals surface area contributed by atoms with Crippen LogP contribution in [0.1, 0.15) is 29.7 Å².